The molecular weight excluding hydrogens is 428 g/mol. The third kappa shape index (κ3) is 4.49. The Balaban J connectivity index is 1.64. The summed E-state index contributed by atoms with van der Waals surface area (Å²) in [5.74, 6) is -1.27. The second-order valence-electron chi connectivity index (χ2n) is 5.54. The molecule has 0 aromatic carbocycles. The summed E-state index contributed by atoms with van der Waals surface area (Å²) in [6.45, 7) is -0.372. The van der Waals surface area contributed by atoms with Crippen molar-refractivity contribution < 1.29 is 26.4 Å². The fourth-order valence-corrected chi connectivity index (χ4v) is 5.81. The number of thiophene rings is 1. The Kier molecular flexibility index (Phi) is 5.69. The van der Waals surface area contributed by atoms with E-state index in [1.54, 1.807) is 29.0 Å². The van der Waals surface area contributed by atoms with Crippen LogP contribution in [0.15, 0.2) is 46.9 Å². The van der Waals surface area contributed by atoms with Crippen LogP contribution >= 0.6 is 11.3 Å². The second kappa shape index (κ2) is 7.87. The minimum absolute atomic E-state index is 0.0786. The standard InChI is InChI=1S/C15H16N4O6S3/c1-25-15(20)14-13(4-8-26-14)28(23,24)17-6-9-27(21,22)18-11-3-7-19-12(10-11)2-5-16-19/h2-5,7-8,10,17-18H,6,9H2,1H3. The first kappa shape index (κ1) is 20.3. The van der Waals surface area contributed by atoms with Crippen LogP contribution in [0.4, 0.5) is 5.69 Å². The van der Waals surface area contributed by atoms with Crippen molar-refractivity contribution in [1.82, 2.24) is 14.3 Å². The number of methoxy groups -OCH3 is 1. The predicted octanol–water partition coefficient (Wildman–Crippen LogP) is 0.903. The van der Waals surface area contributed by atoms with Crippen molar-refractivity contribution in [3.8, 4) is 0 Å². The molecule has 0 saturated carbocycles. The van der Waals surface area contributed by atoms with Gasteiger partial charge in [-0.3, -0.25) is 4.72 Å². The number of rotatable bonds is 8. The molecule has 3 aromatic rings. The zero-order valence-corrected chi connectivity index (χ0v) is 17.0. The Bertz CT molecular complexity index is 1210. The number of hydrogen-bond acceptors (Lipinski definition) is 8. The number of sulfonamides is 2. The number of hydrogen-bond donors (Lipinski definition) is 2. The number of esters is 1. The molecule has 28 heavy (non-hydrogen) atoms. The van der Waals surface area contributed by atoms with Gasteiger partial charge in [0.2, 0.25) is 20.0 Å². The topological polar surface area (TPSA) is 136 Å². The van der Waals surface area contributed by atoms with E-state index in [2.05, 4.69) is 19.3 Å². The van der Waals surface area contributed by atoms with Crippen LogP contribution in [0.3, 0.4) is 0 Å². The molecule has 0 bridgehead atoms. The lowest BCUT2D eigenvalue weighted by molar-refractivity contribution is 0.0602. The molecular formula is C15H16N4O6S3. The van der Waals surface area contributed by atoms with E-state index in [1.807, 2.05) is 0 Å². The molecule has 0 amide bonds. The van der Waals surface area contributed by atoms with Gasteiger partial charge in [-0.2, -0.15) is 5.10 Å². The highest BCUT2D eigenvalue weighted by Crippen LogP contribution is 2.22. The molecule has 13 heteroatoms. The van der Waals surface area contributed by atoms with E-state index >= 15 is 0 Å². The third-order valence-electron chi connectivity index (χ3n) is 3.63. The molecule has 0 aliphatic heterocycles. The number of anilines is 1. The summed E-state index contributed by atoms with van der Waals surface area (Å²) >= 11 is 0.920. The SMILES string of the molecule is COC(=O)c1sccc1S(=O)(=O)NCCS(=O)(=O)Nc1ccn2nccc2c1. The molecule has 3 heterocycles. The summed E-state index contributed by atoms with van der Waals surface area (Å²) in [5.41, 5.74) is 1.04. The summed E-state index contributed by atoms with van der Waals surface area (Å²) in [5, 5.41) is 5.45. The van der Waals surface area contributed by atoms with Crippen LogP contribution in [0.25, 0.3) is 5.52 Å². The van der Waals surface area contributed by atoms with Crippen molar-refractivity contribution >= 4 is 48.6 Å². The van der Waals surface area contributed by atoms with Gasteiger partial charge in [-0.15, -0.1) is 11.3 Å². The summed E-state index contributed by atoms with van der Waals surface area (Å²) in [6.07, 6.45) is 3.18. The molecule has 0 atom stereocenters. The Morgan fingerprint density at radius 2 is 2.04 bits per heavy atom. The average molecular weight is 445 g/mol. The number of pyridine rings is 1. The molecule has 150 valence electrons. The summed E-state index contributed by atoms with van der Waals surface area (Å²) < 4.78 is 59.9. The first-order valence-electron chi connectivity index (χ1n) is 7.81. The largest absolute Gasteiger partial charge is 0.465 e. The summed E-state index contributed by atoms with van der Waals surface area (Å²) in [6, 6.07) is 6.11. The Morgan fingerprint density at radius 1 is 1.25 bits per heavy atom. The first-order chi connectivity index (χ1) is 13.2. The van der Waals surface area contributed by atoms with E-state index in [-0.39, 0.29) is 16.3 Å². The molecule has 0 aliphatic carbocycles. The second-order valence-corrected chi connectivity index (χ2v) is 10.0. The van der Waals surface area contributed by atoms with Gasteiger partial charge in [0.05, 0.1) is 24.1 Å². The maximum absolute atomic E-state index is 12.4. The highest BCUT2D eigenvalue weighted by Gasteiger charge is 2.25. The van der Waals surface area contributed by atoms with Crippen LogP contribution in [0.2, 0.25) is 0 Å². The number of carbonyl (C=O) groups is 1. The normalized spacial score (nSPS) is 12.2. The van der Waals surface area contributed by atoms with Crippen LogP contribution in [0, 0.1) is 0 Å². The van der Waals surface area contributed by atoms with Gasteiger partial charge in [-0.25, -0.2) is 30.9 Å². The minimum atomic E-state index is -4.06. The van der Waals surface area contributed by atoms with Gasteiger partial charge in [-0.05, 0) is 29.6 Å². The molecule has 3 aromatic heterocycles. The Hall–Kier alpha value is -2.48. The monoisotopic (exact) mass is 444 g/mol. The quantitative estimate of drug-likeness (QED) is 0.493. The molecule has 10 nitrogen and oxygen atoms in total. The van der Waals surface area contributed by atoms with E-state index < -0.39 is 31.8 Å². The van der Waals surface area contributed by atoms with Crippen LogP contribution in [-0.4, -0.2) is 51.8 Å². The van der Waals surface area contributed by atoms with E-state index in [1.165, 1.54) is 17.5 Å². The van der Waals surface area contributed by atoms with Crippen LogP contribution in [0.1, 0.15) is 9.67 Å². The van der Waals surface area contributed by atoms with Crippen molar-refractivity contribution in [3.05, 3.63) is 46.9 Å². The fraction of sp³-hybridized carbons (Fsp3) is 0.200. The molecule has 0 saturated heterocycles. The van der Waals surface area contributed by atoms with Gasteiger partial charge in [-0.1, -0.05) is 0 Å². The van der Waals surface area contributed by atoms with Crippen LogP contribution in [0.5, 0.6) is 0 Å². The number of ether oxygens (including phenoxy) is 1. The molecule has 2 N–H and O–H groups in total. The van der Waals surface area contributed by atoms with Gasteiger partial charge >= 0.3 is 5.97 Å². The minimum Gasteiger partial charge on any atom is -0.465 e. The van der Waals surface area contributed by atoms with Gasteiger partial charge in [0.15, 0.2) is 0 Å². The van der Waals surface area contributed by atoms with Crippen molar-refractivity contribution in [3.63, 3.8) is 0 Å². The predicted molar refractivity (Wildman–Crippen MR) is 103 cm³/mol. The Morgan fingerprint density at radius 3 is 2.79 bits per heavy atom. The molecule has 0 aliphatic rings. The zero-order valence-electron chi connectivity index (χ0n) is 14.5. The first-order valence-corrected chi connectivity index (χ1v) is 11.8. The van der Waals surface area contributed by atoms with E-state index in [4.69, 9.17) is 0 Å². The third-order valence-corrected chi connectivity index (χ3v) is 7.44. The number of nitrogens with one attached hydrogen (secondary N) is 2. The van der Waals surface area contributed by atoms with Crippen molar-refractivity contribution in [1.29, 1.82) is 0 Å². The molecule has 0 fully saturated rings. The number of aromatic nitrogens is 2. The van der Waals surface area contributed by atoms with E-state index in [0.717, 1.165) is 18.4 Å². The fourth-order valence-electron chi connectivity index (χ4n) is 2.35. The van der Waals surface area contributed by atoms with Gasteiger partial charge in [0.1, 0.15) is 9.77 Å². The zero-order chi connectivity index (χ0) is 20.4. The maximum Gasteiger partial charge on any atom is 0.349 e. The van der Waals surface area contributed by atoms with Crippen LogP contribution in [-0.2, 0) is 24.8 Å². The number of carbonyl (C=O) groups excluding carboxylic acids is 1. The lowest BCUT2D eigenvalue weighted by Crippen LogP contribution is -2.31. The van der Waals surface area contributed by atoms with E-state index in [0.29, 0.717) is 11.2 Å². The van der Waals surface area contributed by atoms with Gasteiger partial charge in [0, 0.05) is 18.9 Å². The van der Waals surface area contributed by atoms with Gasteiger partial charge in [0.25, 0.3) is 0 Å². The maximum atomic E-state index is 12.4. The highest BCUT2D eigenvalue weighted by molar-refractivity contribution is 7.93. The highest BCUT2D eigenvalue weighted by atomic mass is 32.2. The Labute approximate surface area is 165 Å². The van der Waals surface area contributed by atoms with E-state index in [9.17, 15) is 21.6 Å². The molecule has 0 radical (unpaired) electrons. The smallest absolute Gasteiger partial charge is 0.349 e. The lowest BCUT2D eigenvalue weighted by Gasteiger charge is -2.10. The van der Waals surface area contributed by atoms with Crippen LogP contribution < -0.4 is 9.44 Å². The summed E-state index contributed by atoms with van der Waals surface area (Å²) in [4.78, 5) is 11.3. The average Bonchev–Trinajstić information content (AvgIpc) is 3.29. The lowest BCUT2D eigenvalue weighted by atomic mass is 10.4. The number of nitrogens with zero attached hydrogens (tertiary/aromatic N) is 2. The van der Waals surface area contributed by atoms with Crippen molar-refractivity contribution in [2.45, 2.75) is 4.90 Å². The van der Waals surface area contributed by atoms with Crippen molar-refractivity contribution in [2.24, 2.45) is 0 Å². The summed E-state index contributed by atoms with van der Waals surface area (Å²) in [7, 11) is -6.72. The van der Waals surface area contributed by atoms with Gasteiger partial charge < -0.3 is 4.74 Å². The van der Waals surface area contributed by atoms with Crippen molar-refractivity contribution in [2.75, 3.05) is 24.1 Å². The molecule has 0 unspecified atom stereocenters. The molecule has 0 spiro atoms. The number of fused-ring (bicyclic) bond motifs is 1. The molecule has 3 rings (SSSR count).